The summed E-state index contributed by atoms with van der Waals surface area (Å²) in [6.45, 7) is 6.27. The summed E-state index contributed by atoms with van der Waals surface area (Å²) in [6, 6.07) is 19.7. The van der Waals surface area contributed by atoms with E-state index < -0.39 is 0 Å². The number of hydrogen-bond donors (Lipinski definition) is 1. The molecule has 3 rings (SSSR count). The molecule has 112 valence electrons. The zero-order valence-corrected chi connectivity index (χ0v) is 13.1. The lowest BCUT2D eigenvalue weighted by atomic mass is 9.85. The van der Waals surface area contributed by atoms with Gasteiger partial charge >= 0.3 is 0 Å². The maximum Gasteiger partial charge on any atom is 0.218 e. The number of aromatic hydroxyl groups is 1. The van der Waals surface area contributed by atoms with Crippen molar-refractivity contribution in [3.05, 3.63) is 66.2 Å². The monoisotopic (exact) mass is 292 g/mol. The molecule has 0 saturated heterocycles. The van der Waals surface area contributed by atoms with Crippen LogP contribution >= 0.6 is 0 Å². The van der Waals surface area contributed by atoms with Crippen molar-refractivity contribution >= 4 is 0 Å². The minimum Gasteiger partial charge on any atom is -0.493 e. The predicted molar refractivity (Wildman–Crippen MR) is 89.4 cm³/mol. The SMILES string of the molecule is CC(C)(C)c1c(-c2ccccc2)nn(-c2ccccc2)c1O. The fraction of sp³-hybridized carbons (Fsp3) is 0.211. The summed E-state index contributed by atoms with van der Waals surface area (Å²) >= 11 is 0. The van der Waals surface area contributed by atoms with Crippen molar-refractivity contribution in [2.45, 2.75) is 26.2 Å². The van der Waals surface area contributed by atoms with Crippen LogP contribution in [0.5, 0.6) is 5.88 Å². The third kappa shape index (κ3) is 2.50. The van der Waals surface area contributed by atoms with E-state index in [-0.39, 0.29) is 11.3 Å². The normalized spacial score (nSPS) is 11.6. The van der Waals surface area contributed by atoms with Gasteiger partial charge in [0, 0.05) is 11.1 Å². The zero-order valence-electron chi connectivity index (χ0n) is 13.1. The standard InChI is InChI=1S/C19H20N2O/c1-19(2,3)16-17(14-10-6-4-7-11-14)20-21(18(16)22)15-12-8-5-9-13-15/h4-13,22H,1-3H3. The van der Waals surface area contributed by atoms with Crippen molar-refractivity contribution < 1.29 is 5.11 Å². The van der Waals surface area contributed by atoms with Gasteiger partial charge in [0.15, 0.2) is 0 Å². The summed E-state index contributed by atoms with van der Waals surface area (Å²) in [4.78, 5) is 0. The molecule has 3 heteroatoms. The van der Waals surface area contributed by atoms with Crippen LogP contribution in [-0.2, 0) is 5.41 Å². The van der Waals surface area contributed by atoms with E-state index >= 15 is 0 Å². The molecule has 0 saturated carbocycles. The summed E-state index contributed by atoms with van der Waals surface area (Å²) in [5.74, 6) is 0.206. The fourth-order valence-electron chi connectivity index (χ4n) is 2.65. The van der Waals surface area contributed by atoms with Gasteiger partial charge in [0.05, 0.1) is 5.69 Å². The molecular weight excluding hydrogens is 272 g/mol. The molecule has 3 aromatic rings. The second-order valence-electron chi connectivity index (χ2n) is 6.41. The van der Waals surface area contributed by atoms with Gasteiger partial charge in [-0.25, -0.2) is 4.68 Å². The van der Waals surface area contributed by atoms with Crippen molar-refractivity contribution in [2.75, 3.05) is 0 Å². The second-order valence-corrected chi connectivity index (χ2v) is 6.41. The summed E-state index contributed by atoms with van der Waals surface area (Å²) in [5, 5.41) is 15.4. The molecule has 0 unspecified atom stereocenters. The van der Waals surface area contributed by atoms with Crippen molar-refractivity contribution in [3.8, 4) is 22.8 Å². The Morgan fingerprint density at radius 1 is 0.864 bits per heavy atom. The van der Waals surface area contributed by atoms with E-state index in [9.17, 15) is 5.11 Å². The molecule has 0 aliphatic rings. The summed E-state index contributed by atoms with van der Waals surface area (Å²) in [5.41, 5.74) is 3.35. The van der Waals surface area contributed by atoms with Crippen LogP contribution in [0.2, 0.25) is 0 Å². The number of hydrogen-bond acceptors (Lipinski definition) is 2. The predicted octanol–water partition coefficient (Wildman–Crippen LogP) is 4.54. The van der Waals surface area contributed by atoms with E-state index in [2.05, 4.69) is 25.9 Å². The second kappa shape index (κ2) is 5.34. The number of para-hydroxylation sites is 1. The minimum absolute atomic E-state index is 0.206. The molecule has 0 radical (unpaired) electrons. The molecule has 1 N–H and O–H groups in total. The lowest BCUT2D eigenvalue weighted by molar-refractivity contribution is 0.414. The molecule has 22 heavy (non-hydrogen) atoms. The molecule has 3 nitrogen and oxygen atoms in total. The van der Waals surface area contributed by atoms with Crippen LogP contribution in [0.4, 0.5) is 0 Å². The molecule has 0 atom stereocenters. The van der Waals surface area contributed by atoms with Crippen LogP contribution in [-0.4, -0.2) is 14.9 Å². The molecule has 2 aromatic carbocycles. The molecule has 0 aliphatic heterocycles. The zero-order chi connectivity index (χ0) is 15.7. The first-order chi connectivity index (χ1) is 10.5. The maximum atomic E-state index is 10.8. The molecule has 0 bridgehead atoms. The largest absolute Gasteiger partial charge is 0.493 e. The van der Waals surface area contributed by atoms with Crippen molar-refractivity contribution in [2.24, 2.45) is 0 Å². The van der Waals surface area contributed by atoms with E-state index in [1.807, 2.05) is 60.7 Å². The highest BCUT2D eigenvalue weighted by Gasteiger charge is 2.28. The Morgan fingerprint density at radius 3 is 1.95 bits per heavy atom. The maximum absolute atomic E-state index is 10.8. The third-order valence-corrected chi connectivity index (χ3v) is 3.66. The quantitative estimate of drug-likeness (QED) is 0.753. The van der Waals surface area contributed by atoms with E-state index in [1.54, 1.807) is 4.68 Å². The summed E-state index contributed by atoms with van der Waals surface area (Å²) < 4.78 is 1.61. The Hall–Kier alpha value is -2.55. The Labute approximate surface area is 130 Å². The van der Waals surface area contributed by atoms with Gasteiger partial charge in [-0.1, -0.05) is 69.3 Å². The number of nitrogens with zero attached hydrogens (tertiary/aromatic N) is 2. The van der Waals surface area contributed by atoms with Gasteiger partial charge in [0.25, 0.3) is 0 Å². The van der Waals surface area contributed by atoms with Crippen LogP contribution in [0.1, 0.15) is 26.3 Å². The van der Waals surface area contributed by atoms with E-state index in [0.717, 1.165) is 22.5 Å². The summed E-state index contributed by atoms with van der Waals surface area (Å²) in [7, 11) is 0. The first-order valence-corrected chi connectivity index (χ1v) is 7.42. The van der Waals surface area contributed by atoms with Gasteiger partial charge in [-0.2, -0.15) is 5.10 Å². The third-order valence-electron chi connectivity index (χ3n) is 3.66. The minimum atomic E-state index is -0.206. The molecule has 0 amide bonds. The van der Waals surface area contributed by atoms with Crippen molar-refractivity contribution in [1.82, 2.24) is 9.78 Å². The molecule has 1 heterocycles. The van der Waals surface area contributed by atoms with Gasteiger partial charge < -0.3 is 5.11 Å². The Kier molecular flexibility index (Phi) is 3.49. The lowest BCUT2D eigenvalue weighted by Crippen LogP contribution is -2.12. The highest BCUT2D eigenvalue weighted by atomic mass is 16.3. The van der Waals surface area contributed by atoms with Gasteiger partial charge in [0.1, 0.15) is 5.69 Å². The van der Waals surface area contributed by atoms with Crippen LogP contribution < -0.4 is 0 Å². The van der Waals surface area contributed by atoms with Crippen molar-refractivity contribution in [3.63, 3.8) is 0 Å². The number of aromatic nitrogens is 2. The molecule has 0 fully saturated rings. The van der Waals surface area contributed by atoms with Gasteiger partial charge in [-0.05, 0) is 17.5 Å². The van der Waals surface area contributed by atoms with E-state index in [0.29, 0.717) is 0 Å². The summed E-state index contributed by atoms with van der Waals surface area (Å²) in [6.07, 6.45) is 0. The van der Waals surface area contributed by atoms with Crippen LogP contribution in [0, 0.1) is 0 Å². The highest BCUT2D eigenvalue weighted by Crippen LogP contribution is 2.39. The highest BCUT2D eigenvalue weighted by molar-refractivity contribution is 5.68. The number of benzene rings is 2. The molecular formula is C19H20N2O. The van der Waals surface area contributed by atoms with Crippen LogP contribution in [0.25, 0.3) is 16.9 Å². The Morgan fingerprint density at radius 2 is 1.41 bits per heavy atom. The van der Waals surface area contributed by atoms with Crippen LogP contribution in [0.3, 0.4) is 0 Å². The van der Waals surface area contributed by atoms with Gasteiger partial charge in [-0.3, -0.25) is 0 Å². The first kappa shape index (κ1) is 14.4. The van der Waals surface area contributed by atoms with E-state index in [4.69, 9.17) is 0 Å². The Bertz CT molecular complexity index is 768. The van der Waals surface area contributed by atoms with Gasteiger partial charge in [0.2, 0.25) is 5.88 Å². The van der Waals surface area contributed by atoms with Crippen molar-refractivity contribution in [1.29, 1.82) is 0 Å². The van der Waals surface area contributed by atoms with Crippen LogP contribution in [0.15, 0.2) is 60.7 Å². The molecule has 0 aliphatic carbocycles. The average molecular weight is 292 g/mol. The average Bonchev–Trinajstić information content (AvgIpc) is 2.87. The Balaban J connectivity index is 2.26. The van der Waals surface area contributed by atoms with Gasteiger partial charge in [-0.15, -0.1) is 0 Å². The molecule has 0 spiro atoms. The molecule has 1 aromatic heterocycles. The number of rotatable bonds is 2. The lowest BCUT2D eigenvalue weighted by Gasteiger charge is -2.19. The van der Waals surface area contributed by atoms with E-state index in [1.165, 1.54) is 0 Å². The fourth-order valence-corrected chi connectivity index (χ4v) is 2.65. The topological polar surface area (TPSA) is 38.0 Å². The first-order valence-electron chi connectivity index (χ1n) is 7.42. The smallest absolute Gasteiger partial charge is 0.218 e.